The lowest BCUT2D eigenvalue weighted by Gasteiger charge is -2.52. The molecule has 2 aromatic carbocycles. The number of aromatic hydroxyl groups is 1. The number of Topliss-reactive ketones (excluding diaryl/α,β-unsaturated/α-hetero) is 4. The number of nitrogens with zero attached hydrogens (tertiary/aromatic N) is 1. The Morgan fingerprint density at radius 2 is 1.77 bits per heavy atom. The summed E-state index contributed by atoms with van der Waals surface area (Å²) < 4.78 is 0. The minimum Gasteiger partial charge on any atom is -0.507 e. The summed E-state index contributed by atoms with van der Waals surface area (Å²) in [6, 6.07) is 8.44. The van der Waals surface area contributed by atoms with E-state index in [1.807, 2.05) is 0 Å². The van der Waals surface area contributed by atoms with Crippen LogP contribution in [0.15, 0.2) is 30.3 Å². The van der Waals surface area contributed by atoms with Gasteiger partial charge in [0.15, 0.2) is 34.7 Å². The third-order valence-corrected chi connectivity index (χ3v) is 9.26. The summed E-state index contributed by atoms with van der Waals surface area (Å²) in [4.78, 5) is 80.8. The van der Waals surface area contributed by atoms with E-state index in [1.165, 1.54) is 6.92 Å². The second kappa shape index (κ2) is 10.4. The number of anilines is 2. The minimum atomic E-state index is -2.75. The second-order valence-corrected chi connectivity index (χ2v) is 12.5. The number of ketones is 4. The van der Waals surface area contributed by atoms with Crippen LogP contribution in [-0.4, -0.2) is 64.9 Å². The number of aliphatic hydroxyl groups is 1. The molecular formula is C32H35N3O8. The molecule has 3 aliphatic rings. The Labute approximate surface area is 248 Å². The van der Waals surface area contributed by atoms with E-state index in [9.17, 15) is 39.0 Å². The Kier molecular flexibility index (Phi) is 7.28. The molecule has 11 nitrogen and oxygen atoms in total. The van der Waals surface area contributed by atoms with E-state index in [2.05, 4.69) is 5.32 Å². The minimum absolute atomic E-state index is 0.0119. The third kappa shape index (κ3) is 4.45. The number of nitrogens with two attached hydrogens (primary N) is 1. The molecule has 0 aromatic heterocycles. The zero-order valence-electron chi connectivity index (χ0n) is 24.6. The highest BCUT2D eigenvalue weighted by molar-refractivity contribution is 6.32. The molecule has 5 N–H and O–H groups in total. The summed E-state index contributed by atoms with van der Waals surface area (Å²) in [6.07, 6.45) is 0.182. The first-order chi connectivity index (χ1) is 20.1. The number of benzene rings is 2. The number of phenols is 1. The van der Waals surface area contributed by atoms with Crippen molar-refractivity contribution < 1.29 is 39.0 Å². The van der Waals surface area contributed by atoms with Gasteiger partial charge < -0.3 is 26.2 Å². The van der Waals surface area contributed by atoms with Crippen LogP contribution in [0.25, 0.3) is 11.1 Å². The SMILES string of the molecule is CC(=O)Nc1cccc(-c2cc(N(C)C)c3c(c2O)C(=O)C2C(=O)[C@]4(O)C(=O)C(C(N)=O)C(=O)[C@@H](C(C)C)[C@@H]4C[C@@H]2C3)c1. The summed E-state index contributed by atoms with van der Waals surface area (Å²) in [6.45, 7) is 4.78. The van der Waals surface area contributed by atoms with Gasteiger partial charge in [-0.15, -0.1) is 0 Å². The molecular weight excluding hydrogens is 554 g/mol. The molecule has 2 fully saturated rings. The summed E-state index contributed by atoms with van der Waals surface area (Å²) in [5, 5.41) is 26.1. The molecule has 3 aliphatic carbocycles. The molecule has 2 saturated carbocycles. The maximum absolute atomic E-state index is 14.2. The lowest BCUT2D eigenvalue weighted by atomic mass is 9.49. The Hall–Kier alpha value is -4.38. The summed E-state index contributed by atoms with van der Waals surface area (Å²) in [7, 11) is 3.56. The molecule has 2 unspecified atom stereocenters. The molecule has 226 valence electrons. The molecule has 2 amide bonds. The first-order valence-corrected chi connectivity index (χ1v) is 14.2. The Morgan fingerprint density at radius 1 is 1.09 bits per heavy atom. The molecule has 43 heavy (non-hydrogen) atoms. The smallest absolute Gasteiger partial charge is 0.235 e. The lowest BCUT2D eigenvalue weighted by Crippen LogP contribution is -2.71. The van der Waals surface area contributed by atoms with E-state index in [0.29, 0.717) is 22.5 Å². The monoisotopic (exact) mass is 589 g/mol. The molecule has 11 heteroatoms. The van der Waals surface area contributed by atoms with Crippen LogP contribution in [0.4, 0.5) is 11.4 Å². The van der Waals surface area contributed by atoms with E-state index >= 15 is 0 Å². The van der Waals surface area contributed by atoms with E-state index in [-0.39, 0.29) is 35.6 Å². The number of hydrogen-bond acceptors (Lipinski definition) is 9. The highest BCUT2D eigenvalue weighted by Gasteiger charge is 2.69. The first-order valence-electron chi connectivity index (χ1n) is 14.2. The number of nitrogens with one attached hydrogen (secondary N) is 1. The van der Waals surface area contributed by atoms with Crippen LogP contribution in [0.2, 0.25) is 0 Å². The third-order valence-electron chi connectivity index (χ3n) is 9.26. The number of carbonyl (C=O) groups is 6. The van der Waals surface area contributed by atoms with Crippen molar-refractivity contribution in [2.24, 2.45) is 41.2 Å². The van der Waals surface area contributed by atoms with Gasteiger partial charge in [0.05, 0.1) is 11.5 Å². The average Bonchev–Trinajstić information content (AvgIpc) is 2.90. The molecule has 6 atom stereocenters. The summed E-state index contributed by atoms with van der Waals surface area (Å²) >= 11 is 0. The van der Waals surface area contributed by atoms with Crippen molar-refractivity contribution >= 4 is 46.3 Å². The van der Waals surface area contributed by atoms with Gasteiger partial charge in [0.25, 0.3) is 0 Å². The van der Waals surface area contributed by atoms with Crippen LogP contribution in [-0.2, 0) is 30.4 Å². The fraction of sp³-hybridized carbons (Fsp3) is 0.438. The molecule has 2 aromatic rings. The highest BCUT2D eigenvalue weighted by Crippen LogP contribution is 2.54. The lowest BCUT2D eigenvalue weighted by molar-refractivity contribution is -0.182. The van der Waals surface area contributed by atoms with Crippen LogP contribution in [0.5, 0.6) is 5.75 Å². The molecule has 0 saturated heterocycles. The van der Waals surface area contributed by atoms with Gasteiger partial charge in [-0.2, -0.15) is 0 Å². The number of carbonyl (C=O) groups excluding carboxylic acids is 6. The fourth-order valence-corrected chi connectivity index (χ4v) is 7.49. The summed E-state index contributed by atoms with van der Waals surface area (Å²) in [5.41, 5.74) is 4.97. The normalized spacial score (nSPS) is 28.2. The van der Waals surface area contributed by atoms with Gasteiger partial charge in [-0.25, -0.2) is 0 Å². The van der Waals surface area contributed by atoms with Gasteiger partial charge in [-0.05, 0) is 54.0 Å². The average molecular weight is 590 g/mol. The number of primary amides is 1. The molecule has 0 heterocycles. The van der Waals surface area contributed by atoms with Gasteiger partial charge in [-0.3, -0.25) is 28.8 Å². The first kappa shape index (κ1) is 30.1. The zero-order valence-corrected chi connectivity index (χ0v) is 24.6. The Balaban J connectivity index is 1.67. The quantitative estimate of drug-likeness (QED) is 0.378. The van der Waals surface area contributed by atoms with Gasteiger partial charge in [-0.1, -0.05) is 26.0 Å². The molecule has 0 aliphatic heterocycles. The maximum Gasteiger partial charge on any atom is 0.235 e. The van der Waals surface area contributed by atoms with Crippen molar-refractivity contribution in [2.45, 2.75) is 39.2 Å². The largest absolute Gasteiger partial charge is 0.507 e. The maximum atomic E-state index is 14.2. The number of phenolic OH excluding ortho intramolecular Hbond substituents is 1. The van der Waals surface area contributed by atoms with E-state index in [4.69, 9.17) is 5.73 Å². The van der Waals surface area contributed by atoms with Crippen LogP contribution in [0.1, 0.15) is 43.1 Å². The van der Waals surface area contributed by atoms with Crippen molar-refractivity contribution in [3.05, 3.63) is 41.5 Å². The predicted octanol–water partition coefficient (Wildman–Crippen LogP) is 1.90. The Morgan fingerprint density at radius 3 is 2.35 bits per heavy atom. The van der Waals surface area contributed by atoms with Crippen LogP contribution in [0.3, 0.4) is 0 Å². The topological polar surface area (TPSA) is 184 Å². The van der Waals surface area contributed by atoms with E-state index in [1.54, 1.807) is 63.2 Å². The molecule has 5 rings (SSSR count). The van der Waals surface area contributed by atoms with Gasteiger partial charge in [0, 0.05) is 49.8 Å². The van der Waals surface area contributed by atoms with Crippen molar-refractivity contribution in [3.63, 3.8) is 0 Å². The number of amides is 2. The van der Waals surface area contributed by atoms with Crippen molar-refractivity contribution in [1.82, 2.24) is 0 Å². The fourth-order valence-electron chi connectivity index (χ4n) is 7.49. The number of rotatable bonds is 5. The highest BCUT2D eigenvalue weighted by atomic mass is 16.3. The van der Waals surface area contributed by atoms with E-state index < -0.39 is 70.1 Å². The zero-order chi connectivity index (χ0) is 31.7. The van der Waals surface area contributed by atoms with Gasteiger partial charge in [0.1, 0.15) is 5.75 Å². The number of hydrogen-bond donors (Lipinski definition) is 4. The van der Waals surface area contributed by atoms with Crippen molar-refractivity contribution in [1.29, 1.82) is 0 Å². The van der Waals surface area contributed by atoms with E-state index in [0.717, 1.165) is 0 Å². The number of fused-ring (bicyclic) bond motifs is 3. The van der Waals surface area contributed by atoms with Crippen molar-refractivity contribution in [2.75, 3.05) is 24.3 Å². The molecule has 0 bridgehead atoms. The van der Waals surface area contributed by atoms with Crippen molar-refractivity contribution in [3.8, 4) is 16.9 Å². The van der Waals surface area contributed by atoms with Crippen LogP contribution < -0.4 is 16.0 Å². The summed E-state index contributed by atoms with van der Waals surface area (Å²) in [5.74, 6) is -12.4. The second-order valence-electron chi connectivity index (χ2n) is 12.5. The van der Waals surface area contributed by atoms with Crippen LogP contribution in [0, 0.1) is 35.5 Å². The predicted molar refractivity (Wildman–Crippen MR) is 156 cm³/mol. The molecule has 0 spiro atoms. The standard InChI is InChI=1S/C32H35N3O8/c1-13(2)22-20-11-16-10-19-21(35(4)5)12-18(15-7-6-8-17(9-15)34-14(3)36)26(37)24(19)28(39)23(16)29(40)32(20,43)30(41)25(27(22)38)31(33)42/h6-9,12-13,16,20,22-23,25,37,43H,10-11H2,1-5H3,(H2,33,42)(H,34,36)/t16-,20-,22-,23?,25?,32-/m0/s1. The van der Waals surface area contributed by atoms with Gasteiger partial charge in [0.2, 0.25) is 11.8 Å². The van der Waals surface area contributed by atoms with Crippen LogP contribution >= 0.6 is 0 Å². The Bertz CT molecular complexity index is 1610. The van der Waals surface area contributed by atoms with Gasteiger partial charge >= 0.3 is 0 Å². The molecule has 0 radical (unpaired) electrons.